The summed E-state index contributed by atoms with van der Waals surface area (Å²) >= 11 is 0. The highest BCUT2D eigenvalue weighted by molar-refractivity contribution is 5.76. The van der Waals surface area contributed by atoms with Crippen LogP contribution in [-0.4, -0.2) is 9.78 Å². The maximum atomic E-state index is 4.19. The van der Waals surface area contributed by atoms with Gasteiger partial charge < -0.3 is 5.32 Å². The molecule has 1 N–H and O–H groups in total. The van der Waals surface area contributed by atoms with Crippen LogP contribution in [0.3, 0.4) is 0 Å². The second-order valence-electron chi connectivity index (χ2n) is 3.51. The van der Waals surface area contributed by atoms with E-state index in [1.165, 1.54) is 5.56 Å². The molecule has 0 saturated heterocycles. The highest BCUT2D eigenvalue weighted by atomic mass is 15.3. The molecular weight excluding hydrogens is 186 g/mol. The Bertz CT molecular complexity index is 497. The van der Waals surface area contributed by atoms with Crippen molar-refractivity contribution in [2.75, 3.05) is 5.32 Å². The summed E-state index contributed by atoms with van der Waals surface area (Å²) < 4.78 is 1.94. The van der Waals surface area contributed by atoms with Crippen LogP contribution in [0.2, 0.25) is 0 Å². The second kappa shape index (κ2) is 3.28. The Labute approximate surface area is 88.0 Å². The average Bonchev–Trinajstić information content (AvgIpc) is 2.77. The fourth-order valence-electron chi connectivity index (χ4n) is 1.76. The maximum Gasteiger partial charge on any atom is 0.129 e. The molecule has 1 aromatic carbocycles. The molecule has 74 valence electrons. The van der Waals surface area contributed by atoms with E-state index in [1.54, 1.807) is 0 Å². The lowest BCUT2D eigenvalue weighted by Gasteiger charge is -2.17. The number of anilines is 1. The van der Waals surface area contributed by atoms with Gasteiger partial charge in [-0.1, -0.05) is 30.3 Å². The standard InChI is InChI=1S/C12H11N3/c1-2-4-10(5-3-1)11-7-9-15-12(14-11)6-8-13-15/h1-8,14H,9H2. The second-order valence-corrected chi connectivity index (χ2v) is 3.51. The van der Waals surface area contributed by atoms with Gasteiger partial charge in [-0.3, -0.25) is 0 Å². The molecule has 0 amide bonds. The van der Waals surface area contributed by atoms with Crippen LogP contribution < -0.4 is 5.32 Å². The predicted molar refractivity (Wildman–Crippen MR) is 60.3 cm³/mol. The number of hydrogen-bond acceptors (Lipinski definition) is 2. The summed E-state index contributed by atoms with van der Waals surface area (Å²) in [5, 5.41) is 7.55. The minimum absolute atomic E-state index is 0.833. The summed E-state index contributed by atoms with van der Waals surface area (Å²) in [4.78, 5) is 0. The Morgan fingerprint density at radius 1 is 1.13 bits per heavy atom. The Morgan fingerprint density at radius 3 is 2.87 bits per heavy atom. The first-order valence-corrected chi connectivity index (χ1v) is 4.98. The van der Waals surface area contributed by atoms with Crippen molar-refractivity contribution >= 4 is 11.5 Å². The van der Waals surface area contributed by atoms with E-state index in [0.717, 1.165) is 18.1 Å². The molecule has 0 radical (unpaired) electrons. The molecular formula is C12H11N3. The lowest BCUT2D eigenvalue weighted by atomic mass is 10.1. The van der Waals surface area contributed by atoms with Crippen molar-refractivity contribution in [2.45, 2.75) is 6.54 Å². The summed E-state index contributed by atoms with van der Waals surface area (Å²) in [6.07, 6.45) is 3.96. The highest BCUT2D eigenvalue weighted by Gasteiger charge is 2.10. The zero-order valence-electron chi connectivity index (χ0n) is 8.22. The van der Waals surface area contributed by atoms with E-state index in [4.69, 9.17) is 0 Å². The van der Waals surface area contributed by atoms with E-state index in [2.05, 4.69) is 28.6 Å². The van der Waals surface area contributed by atoms with Gasteiger partial charge in [0.2, 0.25) is 0 Å². The third-order valence-electron chi connectivity index (χ3n) is 2.53. The monoisotopic (exact) mass is 197 g/mol. The van der Waals surface area contributed by atoms with Crippen LogP contribution in [0.4, 0.5) is 5.82 Å². The average molecular weight is 197 g/mol. The molecule has 1 aliphatic heterocycles. The Balaban J connectivity index is 1.95. The molecule has 0 atom stereocenters. The topological polar surface area (TPSA) is 29.9 Å². The molecule has 3 nitrogen and oxygen atoms in total. The van der Waals surface area contributed by atoms with E-state index in [9.17, 15) is 0 Å². The van der Waals surface area contributed by atoms with Crippen LogP contribution in [0, 0.1) is 0 Å². The summed E-state index contributed by atoms with van der Waals surface area (Å²) in [7, 11) is 0. The quantitative estimate of drug-likeness (QED) is 0.760. The van der Waals surface area contributed by atoms with Gasteiger partial charge in [-0.2, -0.15) is 5.10 Å². The van der Waals surface area contributed by atoms with Crippen molar-refractivity contribution in [3.63, 3.8) is 0 Å². The predicted octanol–water partition coefficient (Wildman–Crippen LogP) is 2.35. The fraction of sp³-hybridized carbons (Fsp3) is 0.0833. The first-order valence-electron chi connectivity index (χ1n) is 4.98. The van der Waals surface area contributed by atoms with E-state index < -0.39 is 0 Å². The number of rotatable bonds is 1. The highest BCUT2D eigenvalue weighted by Crippen LogP contribution is 2.22. The molecule has 0 bridgehead atoms. The number of aromatic nitrogens is 2. The number of benzene rings is 1. The van der Waals surface area contributed by atoms with Crippen molar-refractivity contribution in [3.8, 4) is 0 Å². The lowest BCUT2D eigenvalue weighted by Crippen LogP contribution is -2.12. The van der Waals surface area contributed by atoms with Crippen molar-refractivity contribution in [3.05, 3.63) is 54.2 Å². The Kier molecular flexibility index (Phi) is 1.81. The fourth-order valence-corrected chi connectivity index (χ4v) is 1.76. The first kappa shape index (κ1) is 8.29. The van der Waals surface area contributed by atoms with Crippen molar-refractivity contribution < 1.29 is 0 Å². The van der Waals surface area contributed by atoms with Crippen LogP contribution in [0.5, 0.6) is 0 Å². The van der Waals surface area contributed by atoms with Gasteiger partial charge in [-0.05, 0) is 11.6 Å². The summed E-state index contributed by atoms with van der Waals surface area (Å²) in [6, 6.07) is 12.3. The number of allylic oxidation sites excluding steroid dienone is 1. The van der Waals surface area contributed by atoms with Gasteiger partial charge in [0, 0.05) is 11.8 Å². The van der Waals surface area contributed by atoms with Gasteiger partial charge in [0.25, 0.3) is 0 Å². The minimum Gasteiger partial charge on any atom is -0.340 e. The molecule has 1 aliphatic rings. The van der Waals surface area contributed by atoms with Crippen LogP contribution in [0.25, 0.3) is 5.70 Å². The molecule has 0 aliphatic carbocycles. The van der Waals surface area contributed by atoms with Gasteiger partial charge in [0.15, 0.2) is 0 Å². The molecule has 2 heterocycles. The summed E-state index contributed by atoms with van der Waals surface area (Å²) in [6.45, 7) is 0.833. The van der Waals surface area contributed by atoms with Crippen molar-refractivity contribution in [2.24, 2.45) is 0 Å². The largest absolute Gasteiger partial charge is 0.340 e. The normalized spacial score (nSPS) is 14.0. The van der Waals surface area contributed by atoms with Gasteiger partial charge >= 0.3 is 0 Å². The first-order chi connectivity index (χ1) is 7.43. The van der Waals surface area contributed by atoms with Gasteiger partial charge in [-0.15, -0.1) is 0 Å². The zero-order valence-corrected chi connectivity index (χ0v) is 8.22. The molecule has 1 aromatic heterocycles. The molecule has 0 fully saturated rings. The molecule has 3 rings (SSSR count). The van der Waals surface area contributed by atoms with Crippen LogP contribution in [-0.2, 0) is 6.54 Å². The van der Waals surface area contributed by atoms with Crippen LogP contribution >= 0.6 is 0 Å². The van der Waals surface area contributed by atoms with Crippen LogP contribution in [0.15, 0.2) is 48.7 Å². The third-order valence-corrected chi connectivity index (χ3v) is 2.53. The molecule has 0 unspecified atom stereocenters. The van der Waals surface area contributed by atoms with E-state index in [-0.39, 0.29) is 0 Å². The lowest BCUT2D eigenvalue weighted by molar-refractivity contribution is 0.703. The van der Waals surface area contributed by atoms with E-state index in [0.29, 0.717) is 0 Å². The van der Waals surface area contributed by atoms with E-state index in [1.807, 2.05) is 35.1 Å². The number of fused-ring (bicyclic) bond motifs is 1. The van der Waals surface area contributed by atoms with E-state index >= 15 is 0 Å². The van der Waals surface area contributed by atoms with Gasteiger partial charge in [-0.25, -0.2) is 4.68 Å². The minimum atomic E-state index is 0.833. The molecule has 0 spiro atoms. The SMILES string of the molecule is C1=C(c2ccccc2)Nc2ccnn2C1. The molecule has 15 heavy (non-hydrogen) atoms. The summed E-state index contributed by atoms with van der Waals surface area (Å²) in [5.41, 5.74) is 2.37. The van der Waals surface area contributed by atoms with Crippen molar-refractivity contribution in [1.29, 1.82) is 0 Å². The van der Waals surface area contributed by atoms with Crippen molar-refractivity contribution in [1.82, 2.24) is 9.78 Å². The van der Waals surface area contributed by atoms with Gasteiger partial charge in [0.1, 0.15) is 5.82 Å². The smallest absolute Gasteiger partial charge is 0.129 e. The number of hydrogen-bond donors (Lipinski definition) is 1. The summed E-state index contributed by atoms with van der Waals surface area (Å²) in [5.74, 6) is 1.05. The van der Waals surface area contributed by atoms with Crippen LogP contribution in [0.1, 0.15) is 5.56 Å². The molecule has 0 saturated carbocycles. The third kappa shape index (κ3) is 1.42. The Morgan fingerprint density at radius 2 is 2.00 bits per heavy atom. The van der Waals surface area contributed by atoms with Gasteiger partial charge in [0.05, 0.1) is 12.7 Å². The maximum absolute atomic E-state index is 4.19. The number of nitrogens with zero attached hydrogens (tertiary/aromatic N) is 2. The zero-order chi connectivity index (χ0) is 10.1. The number of nitrogens with one attached hydrogen (secondary N) is 1. The molecule has 2 aromatic rings. The molecule has 3 heteroatoms. The Hall–Kier alpha value is -2.03.